The SMILES string of the molecule is Cc1ccc2nc(N)n(-c3c(C)cccc3F)c2n1. The third-order valence-electron chi connectivity index (χ3n) is 3.08. The van der Waals surface area contributed by atoms with Crippen LogP contribution in [0.1, 0.15) is 11.3 Å². The van der Waals surface area contributed by atoms with Crippen LogP contribution in [0.25, 0.3) is 16.9 Å². The summed E-state index contributed by atoms with van der Waals surface area (Å²) in [5.41, 5.74) is 9.18. The van der Waals surface area contributed by atoms with Crippen molar-refractivity contribution in [2.75, 3.05) is 5.73 Å². The number of aryl methyl sites for hydroxylation is 2. The van der Waals surface area contributed by atoms with Gasteiger partial charge in [-0.15, -0.1) is 0 Å². The molecule has 0 unspecified atom stereocenters. The Morgan fingerprint density at radius 3 is 2.63 bits per heavy atom. The standard InChI is InChI=1S/C14H13FN4/c1-8-4-3-5-10(15)12(8)19-13-11(18-14(19)16)7-6-9(2)17-13/h3-7H,1-2H3,(H2,16,18). The van der Waals surface area contributed by atoms with Gasteiger partial charge in [0, 0.05) is 5.69 Å². The second-order valence-corrected chi connectivity index (χ2v) is 4.51. The third-order valence-corrected chi connectivity index (χ3v) is 3.08. The average molecular weight is 256 g/mol. The monoisotopic (exact) mass is 256 g/mol. The van der Waals surface area contributed by atoms with E-state index in [2.05, 4.69) is 9.97 Å². The molecule has 0 saturated heterocycles. The van der Waals surface area contributed by atoms with Crippen molar-refractivity contribution >= 4 is 17.1 Å². The average Bonchev–Trinajstić information content (AvgIpc) is 2.66. The van der Waals surface area contributed by atoms with Gasteiger partial charge in [0.25, 0.3) is 0 Å². The molecule has 0 fully saturated rings. The Morgan fingerprint density at radius 1 is 1.11 bits per heavy atom. The highest BCUT2D eigenvalue weighted by Crippen LogP contribution is 2.26. The maximum absolute atomic E-state index is 14.1. The van der Waals surface area contributed by atoms with Gasteiger partial charge in [-0.1, -0.05) is 12.1 Å². The van der Waals surface area contributed by atoms with Crippen molar-refractivity contribution in [1.82, 2.24) is 14.5 Å². The molecule has 0 radical (unpaired) electrons. The maximum atomic E-state index is 14.1. The Kier molecular flexibility index (Phi) is 2.48. The summed E-state index contributed by atoms with van der Waals surface area (Å²) in [5, 5.41) is 0. The normalized spacial score (nSPS) is 11.1. The van der Waals surface area contributed by atoms with E-state index in [1.165, 1.54) is 6.07 Å². The summed E-state index contributed by atoms with van der Waals surface area (Å²) in [6.07, 6.45) is 0. The molecule has 0 spiro atoms. The van der Waals surface area contributed by atoms with Crippen LogP contribution in [0.3, 0.4) is 0 Å². The molecule has 0 bridgehead atoms. The minimum absolute atomic E-state index is 0.237. The zero-order valence-electron chi connectivity index (χ0n) is 10.7. The van der Waals surface area contributed by atoms with Gasteiger partial charge in [0.1, 0.15) is 11.3 Å². The van der Waals surface area contributed by atoms with Crippen LogP contribution in [-0.4, -0.2) is 14.5 Å². The van der Waals surface area contributed by atoms with Crippen molar-refractivity contribution in [3.05, 3.63) is 47.4 Å². The Hall–Kier alpha value is -2.43. The lowest BCUT2D eigenvalue weighted by Crippen LogP contribution is -2.06. The number of fused-ring (bicyclic) bond motifs is 1. The Balaban J connectivity index is 2.42. The molecule has 0 aliphatic rings. The van der Waals surface area contributed by atoms with Gasteiger partial charge < -0.3 is 5.73 Å². The molecule has 3 rings (SSSR count). The summed E-state index contributed by atoms with van der Waals surface area (Å²) in [4.78, 5) is 8.63. The fourth-order valence-corrected chi connectivity index (χ4v) is 2.20. The molecule has 0 atom stereocenters. The number of anilines is 1. The van der Waals surface area contributed by atoms with Crippen LogP contribution in [0.2, 0.25) is 0 Å². The van der Waals surface area contributed by atoms with Gasteiger partial charge in [-0.3, -0.25) is 4.57 Å². The quantitative estimate of drug-likeness (QED) is 0.728. The highest BCUT2D eigenvalue weighted by atomic mass is 19.1. The van der Waals surface area contributed by atoms with E-state index in [0.717, 1.165) is 11.3 Å². The van der Waals surface area contributed by atoms with Crippen LogP contribution >= 0.6 is 0 Å². The second kappa shape index (κ2) is 4.05. The fourth-order valence-electron chi connectivity index (χ4n) is 2.20. The first kappa shape index (κ1) is 11.6. The third kappa shape index (κ3) is 1.74. The molecule has 2 heterocycles. The van der Waals surface area contributed by atoms with E-state index in [-0.39, 0.29) is 11.8 Å². The summed E-state index contributed by atoms with van der Waals surface area (Å²) in [7, 11) is 0. The number of nitrogens with two attached hydrogens (primary N) is 1. The topological polar surface area (TPSA) is 56.7 Å². The van der Waals surface area contributed by atoms with Crippen LogP contribution < -0.4 is 5.73 Å². The van der Waals surface area contributed by atoms with Crippen molar-refractivity contribution in [2.45, 2.75) is 13.8 Å². The molecule has 96 valence electrons. The van der Waals surface area contributed by atoms with Crippen LogP contribution in [0.15, 0.2) is 30.3 Å². The highest BCUT2D eigenvalue weighted by Gasteiger charge is 2.16. The molecule has 0 amide bonds. The number of nitrogens with zero attached hydrogens (tertiary/aromatic N) is 3. The molecule has 2 N–H and O–H groups in total. The maximum Gasteiger partial charge on any atom is 0.207 e. The molecule has 4 nitrogen and oxygen atoms in total. The van der Waals surface area contributed by atoms with Gasteiger partial charge in [0.05, 0.1) is 5.69 Å². The molecule has 2 aromatic heterocycles. The molecule has 1 aromatic carbocycles. The van der Waals surface area contributed by atoms with Crippen molar-refractivity contribution < 1.29 is 4.39 Å². The van der Waals surface area contributed by atoms with E-state index < -0.39 is 0 Å². The predicted octanol–water partition coefficient (Wildman–Crippen LogP) is 2.76. The molecule has 5 heteroatoms. The van der Waals surface area contributed by atoms with Crippen LogP contribution in [0.5, 0.6) is 0 Å². The molecule has 0 aliphatic heterocycles. The number of hydrogen-bond acceptors (Lipinski definition) is 3. The zero-order chi connectivity index (χ0) is 13.6. The lowest BCUT2D eigenvalue weighted by molar-refractivity contribution is 0.618. The van der Waals surface area contributed by atoms with Crippen molar-refractivity contribution in [3.63, 3.8) is 0 Å². The number of para-hydroxylation sites is 1. The highest BCUT2D eigenvalue weighted by molar-refractivity contribution is 5.77. The van der Waals surface area contributed by atoms with Gasteiger partial charge in [0.2, 0.25) is 5.95 Å². The molecule has 0 saturated carbocycles. The number of pyridine rings is 1. The zero-order valence-corrected chi connectivity index (χ0v) is 10.7. The fraction of sp³-hybridized carbons (Fsp3) is 0.143. The van der Waals surface area contributed by atoms with Gasteiger partial charge in [0.15, 0.2) is 5.65 Å². The summed E-state index contributed by atoms with van der Waals surface area (Å²) < 4.78 is 15.7. The van der Waals surface area contributed by atoms with Crippen LogP contribution in [0, 0.1) is 19.7 Å². The minimum Gasteiger partial charge on any atom is -0.369 e. The summed E-state index contributed by atoms with van der Waals surface area (Å²) in [5.74, 6) is -0.101. The number of hydrogen-bond donors (Lipinski definition) is 1. The van der Waals surface area contributed by atoms with Gasteiger partial charge in [-0.05, 0) is 37.6 Å². The van der Waals surface area contributed by atoms with E-state index in [4.69, 9.17) is 5.73 Å². The largest absolute Gasteiger partial charge is 0.369 e. The van der Waals surface area contributed by atoms with Crippen LogP contribution in [-0.2, 0) is 0 Å². The number of imidazole rings is 1. The van der Waals surface area contributed by atoms with Crippen molar-refractivity contribution in [2.24, 2.45) is 0 Å². The van der Waals surface area contributed by atoms with E-state index in [0.29, 0.717) is 16.9 Å². The number of benzene rings is 1. The number of halogens is 1. The first-order valence-corrected chi connectivity index (χ1v) is 5.95. The summed E-state index contributed by atoms with van der Waals surface area (Å²) >= 11 is 0. The minimum atomic E-state index is -0.339. The van der Waals surface area contributed by atoms with Gasteiger partial charge in [-0.2, -0.15) is 0 Å². The second-order valence-electron chi connectivity index (χ2n) is 4.51. The summed E-state index contributed by atoms with van der Waals surface area (Å²) in [6.45, 7) is 3.71. The molecular weight excluding hydrogens is 243 g/mol. The number of aromatic nitrogens is 3. The molecule has 19 heavy (non-hydrogen) atoms. The van der Waals surface area contributed by atoms with E-state index in [9.17, 15) is 4.39 Å². The smallest absolute Gasteiger partial charge is 0.207 e. The van der Waals surface area contributed by atoms with Crippen molar-refractivity contribution in [3.8, 4) is 5.69 Å². The first-order valence-electron chi connectivity index (χ1n) is 5.95. The van der Waals surface area contributed by atoms with E-state index in [1.54, 1.807) is 10.6 Å². The Labute approximate surface area is 109 Å². The molecule has 3 aromatic rings. The molecular formula is C14H13FN4. The predicted molar refractivity (Wildman–Crippen MR) is 72.7 cm³/mol. The number of rotatable bonds is 1. The summed E-state index contributed by atoms with van der Waals surface area (Å²) in [6, 6.07) is 8.60. The molecule has 0 aliphatic carbocycles. The Morgan fingerprint density at radius 2 is 1.89 bits per heavy atom. The Bertz CT molecular complexity index is 756. The van der Waals surface area contributed by atoms with Gasteiger partial charge in [-0.25, -0.2) is 14.4 Å². The lowest BCUT2D eigenvalue weighted by atomic mass is 10.2. The van der Waals surface area contributed by atoms with E-state index in [1.807, 2.05) is 32.0 Å². The van der Waals surface area contributed by atoms with Crippen LogP contribution in [0.4, 0.5) is 10.3 Å². The van der Waals surface area contributed by atoms with Gasteiger partial charge >= 0.3 is 0 Å². The van der Waals surface area contributed by atoms with Crippen molar-refractivity contribution in [1.29, 1.82) is 0 Å². The first-order chi connectivity index (χ1) is 9.08. The van der Waals surface area contributed by atoms with E-state index >= 15 is 0 Å². The number of nitrogen functional groups attached to an aromatic ring is 1. The lowest BCUT2D eigenvalue weighted by Gasteiger charge is -2.10.